The molecule has 1 heterocycles. The number of rotatable bonds is 2. The van der Waals surface area contributed by atoms with Crippen LogP contribution < -0.4 is 11.1 Å². The number of nitrogens with zero attached hydrogens (tertiary/aromatic N) is 2. The van der Waals surface area contributed by atoms with Crippen LogP contribution in [0, 0.1) is 23.2 Å². The number of carbonyl (C=O) groups is 1. The fourth-order valence-corrected chi connectivity index (χ4v) is 2.47. The molecule has 0 aromatic heterocycles. The van der Waals surface area contributed by atoms with Crippen LogP contribution in [0.25, 0.3) is 0 Å². The normalized spacial score (nSPS) is 22.1. The van der Waals surface area contributed by atoms with Crippen molar-refractivity contribution in [2.24, 2.45) is 17.6 Å². The topological polar surface area (TPSA) is 82.2 Å². The molecule has 1 aliphatic rings. The Balaban J connectivity index is 1.96. The summed E-state index contributed by atoms with van der Waals surface area (Å²) < 4.78 is 0. The van der Waals surface area contributed by atoms with Crippen molar-refractivity contribution in [2.75, 3.05) is 25.0 Å². The number of likely N-dealkylation sites (tertiary alicyclic amines) is 1. The highest BCUT2D eigenvalue weighted by atomic mass is 16.2. The average molecular weight is 272 g/mol. The number of hydrogen-bond donors (Lipinski definition) is 2. The highest BCUT2D eigenvalue weighted by molar-refractivity contribution is 5.89. The molecule has 2 atom stereocenters. The molecule has 0 radical (unpaired) electrons. The molecule has 106 valence electrons. The smallest absolute Gasteiger partial charge is 0.321 e. The lowest BCUT2D eigenvalue weighted by atomic mass is 9.87. The summed E-state index contributed by atoms with van der Waals surface area (Å²) >= 11 is 0. The van der Waals surface area contributed by atoms with E-state index in [4.69, 9.17) is 11.0 Å². The van der Waals surface area contributed by atoms with Gasteiger partial charge in [0, 0.05) is 18.8 Å². The van der Waals surface area contributed by atoms with Crippen molar-refractivity contribution in [3.8, 4) is 6.07 Å². The van der Waals surface area contributed by atoms with E-state index in [0.717, 1.165) is 13.0 Å². The molecular weight excluding hydrogens is 252 g/mol. The molecule has 2 rings (SSSR count). The van der Waals surface area contributed by atoms with E-state index in [1.807, 2.05) is 4.90 Å². The van der Waals surface area contributed by atoms with Crippen molar-refractivity contribution in [2.45, 2.75) is 13.3 Å². The number of anilines is 1. The van der Waals surface area contributed by atoms with Crippen LogP contribution in [0.3, 0.4) is 0 Å². The van der Waals surface area contributed by atoms with E-state index in [1.54, 1.807) is 24.3 Å². The number of benzene rings is 1. The van der Waals surface area contributed by atoms with E-state index in [-0.39, 0.29) is 6.03 Å². The van der Waals surface area contributed by atoms with E-state index >= 15 is 0 Å². The zero-order chi connectivity index (χ0) is 14.5. The number of amides is 2. The number of nitrogens with two attached hydrogens (primary N) is 1. The van der Waals surface area contributed by atoms with Crippen LogP contribution in [-0.2, 0) is 0 Å². The van der Waals surface area contributed by atoms with E-state index < -0.39 is 0 Å². The molecule has 3 N–H and O–H groups in total. The van der Waals surface area contributed by atoms with Crippen LogP contribution in [0.5, 0.6) is 0 Å². The van der Waals surface area contributed by atoms with Gasteiger partial charge in [0.05, 0.1) is 11.6 Å². The number of carbonyl (C=O) groups excluding carboxylic acids is 1. The van der Waals surface area contributed by atoms with Crippen LogP contribution in [0.4, 0.5) is 10.5 Å². The van der Waals surface area contributed by atoms with Gasteiger partial charge >= 0.3 is 6.03 Å². The quantitative estimate of drug-likeness (QED) is 0.864. The van der Waals surface area contributed by atoms with Gasteiger partial charge in [-0.3, -0.25) is 0 Å². The van der Waals surface area contributed by atoms with E-state index in [1.165, 1.54) is 0 Å². The van der Waals surface area contributed by atoms with Crippen molar-refractivity contribution in [1.29, 1.82) is 5.26 Å². The number of nitriles is 1. The van der Waals surface area contributed by atoms with Gasteiger partial charge in [-0.05, 0) is 49.1 Å². The van der Waals surface area contributed by atoms with Crippen molar-refractivity contribution >= 4 is 11.7 Å². The number of urea groups is 1. The first kappa shape index (κ1) is 14.4. The highest BCUT2D eigenvalue weighted by Crippen LogP contribution is 2.22. The molecule has 20 heavy (non-hydrogen) atoms. The molecule has 1 aromatic carbocycles. The Morgan fingerprint density at radius 1 is 1.50 bits per heavy atom. The summed E-state index contributed by atoms with van der Waals surface area (Å²) in [5.41, 5.74) is 7.04. The first-order valence-corrected chi connectivity index (χ1v) is 6.90. The second kappa shape index (κ2) is 6.40. The minimum atomic E-state index is -0.0972. The van der Waals surface area contributed by atoms with Gasteiger partial charge in [0.15, 0.2) is 0 Å². The lowest BCUT2D eigenvalue weighted by Gasteiger charge is -2.36. The molecule has 1 fully saturated rings. The zero-order valence-electron chi connectivity index (χ0n) is 11.7. The van der Waals surface area contributed by atoms with Gasteiger partial charge in [0.25, 0.3) is 0 Å². The summed E-state index contributed by atoms with van der Waals surface area (Å²) in [6.07, 6.45) is 0.989. The van der Waals surface area contributed by atoms with Crippen molar-refractivity contribution in [3.05, 3.63) is 29.8 Å². The third-order valence-electron chi connectivity index (χ3n) is 3.97. The monoisotopic (exact) mass is 272 g/mol. The summed E-state index contributed by atoms with van der Waals surface area (Å²) in [5.74, 6) is 0.939. The molecule has 2 unspecified atom stereocenters. The van der Waals surface area contributed by atoms with Crippen LogP contribution in [0.2, 0.25) is 0 Å². The van der Waals surface area contributed by atoms with Crippen LogP contribution in [0.15, 0.2) is 24.3 Å². The van der Waals surface area contributed by atoms with Gasteiger partial charge in [-0.2, -0.15) is 5.26 Å². The summed E-state index contributed by atoms with van der Waals surface area (Å²) in [7, 11) is 0. The summed E-state index contributed by atoms with van der Waals surface area (Å²) in [6, 6.07) is 8.82. The Bertz CT molecular complexity index is 506. The Labute approximate surface area is 119 Å². The average Bonchev–Trinajstić information content (AvgIpc) is 2.48. The first-order chi connectivity index (χ1) is 9.63. The SMILES string of the molecule is CC1CCN(C(=O)Nc2ccc(C#N)cc2)CC1CN. The summed E-state index contributed by atoms with van der Waals surface area (Å²) in [5, 5.41) is 11.6. The molecule has 0 aliphatic carbocycles. The standard InChI is InChI=1S/C15H20N4O/c1-11-6-7-19(10-13(11)9-17)15(20)18-14-4-2-12(8-16)3-5-14/h2-5,11,13H,6-7,9-10,17H2,1H3,(H,18,20). The van der Waals surface area contributed by atoms with Gasteiger partial charge < -0.3 is 16.0 Å². The van der Waals surface area contributed by atoms with E-state index in [9.17, 15) is 4.79 Å². The minimum absolute atomic E-state index is 0.0972. The second-order valence-electron chi connectivity index (χ2n) is 5.33. The predicted molar refractivity (Wildman–Crippen MR) is 78.1 cm³/mol. The fraction of sp³-hybridized carbons (Fsp3) is 0.467. The van der Waals surface area contributed by atoms with Gasteiger partial charge in [-0.25, -0.2) is 4.79 Å². The molecule has 1 saturated heterocycles. The fourth-order valence-electron chi connectivity index (χ4n) is 2.47. The maximum absolute atomic E-state index is 12.2. The lowest BCUT2D eigenvalue weighted by molar-refractivity contribution is 0.149. The Hall–Kier alpha value is -2.06. The third-order valence-corrected chi connectivity index (χ3v) is 3.97. The molecule has 0 spiro atoms. The summed E-state index contributed by atoms with van der Waals surface area (Å²) in [6.45, 7) is 4.27. The van der Waals surface area contributed by atoms with Gasteiger partial charge in [-0.1, -0.05) is 6.92 Å². The Morgan fingerprint density at radius 2 is 2.20 bits per heavy atom. The molecule has 5 heteroatoms. The van der Waals surface area contributed by atoms with Crippen molar-refractivity contribution in [3.63, 3.8) is 0 Å². The molecule has 0 saturated carbocycles. The maximum atomic E-state index is 12.2. The number of piperidine rings is 1. The molecule has 0 bridgehead atoms. The summed E-state index contributed by atoms with van der Waals surface area (Å²) in [4.78, 5) is 14.0. The minimum Gasteiger partial charge on any atom is -0.330 e. The van der Waals surface area contributed by atoms with E-state index in [0.29, 0.717) is 36.2 Å². The number of hydrogen-bond acceptors (Lipinski definition) is 3. The molecule has 2 amide bonds. The number of nitrogens with one attached hydrogen (secondary N) is 1. The van der Waals surface area contributed by atoms with Crippen molar-refractivity contribution < 1.29 is 4.79 Å². The van der Waals surface area contributed by atoms with Gasteiger partial charge in [0.1, 0.15) is 0 Å². The zero-order valence-corrected chi connectivity index (χ0v) is 11.7. The maximum Gasteiger partial charge on any atom is 0.321 e. The highest BCUT2D eigenvalue weighted by Gasteiger charge is 2.27. The van der Waals surface area contributed by atoms with Crippen LogP contribution in [0.1, 0.15) is 18.9 Å². The van der Waals surface area contributed by atoms with Gasteiger partial charge in [-0.15, -0.1) is 0 Å². The first-order valence-electron chi connectivity index (χ1n) is 6.90. The van der Waals surface area contributed by atoms with Gasteiger partial charge in [0.2, 0.25) is 0 Å². The third kappa shape index (κ3) is 3.28. The molecule has 5 nitrogen and oxygen atoms in total. The van der Waals surface area contributed by atoms with Crippen molar-refractivity contribution in [1.82, 2.24) is 4.90 Å². The molecule has 1 aromatic rings. The largest absolute Gasteiger partial charge is 0.330 e. The Kier molecular flexibility index (Phi) is 4.59. The lowest BCUT2D eigenvalue weighted by Crippen LogP contribution is -2.47. The van der Waals surface area contributed by atoms with E-state index in [2.05, 4.69) is 18.3 Å². The molecular formula is C15H20N4O. The molecule has 1 aliphatic heterocycles. The predicted octanol–water partition coefficient (Wildman–Crippen LogP) is 2.01. The Morgan fingerprint density at radius 3 is 2.80 bits per heavy atom. The van der Waals surface area contributed by atoms with Crippen LogP contribution >= 0.6 is 0 Å². The second-order valence-corrected chi connectivity index (χ2v) is 5.33. The van der Waals surface area contributed by atoms with Crippen LogP contribution in [-0.4, -0.2) is 30.6 Å².